The minimum absolute atomic E-state index is 0.0182. The molecule has 6 heteroatoms. The summed E-state index contributed by atoms with van der Waals surface area (Å²) in [4.78, 5) is 13.8. The van der Waals surface area contributed by atoms with E-state index in [0.717, 1.165) is 23.8 Å². The lowest BCUT2D eigenvalue weighted by molar-refractivity contribution is -0.119. The molecule has 2 atom stereocenters. The second kappa shape index (κ2) is 6.86. The van der Waals surface area contributed by atoms with Gasteiger partial charge in [0.2, 0.25) is 5.91 Å². The molecule has 2 aromatic rings. The van der Waals surface area contributed by atoms with Gasteiger partial charge >= 0.3 is 0 Å². The van der Waals surface area contributed by atoms with Crippen molar-refractivity contribution in [1.82, 2.24) is 15.5 Å². The maximum atomic E-state index is 11.6. The van der Waals surface area contributed by atoms with Crippen molar-refractivity contribution in [2.24, 2.45) is 0 Å². The molecule has 24 heavy (non-hydrogen) atoms. The number of ether oxygens (including phenoxy) is 1. The third-order valence-corrected chi connectivity index (χ3v) is 4.36. The highest BCUT2D eigenvalue weighted by Gasteiger charge is 2.35. The van der Waals surface area contributed by atoms with Gasteiger partial charge in [-0.15, -0.1) is 5.10 Å². The normalized spacial score (nSPS) is 20.0. The van der Waals surface area contributed by atoms with E-state index in [0.29, 0.717) is 6.54 Å². The number of benzene rings is 1. The first kappa shape index (κ1) is 16.2. The first-order valence-electron chi connectivity index (χ1n) is 8.03. The molecule has 1 N–H and O–H groups in total. The largest absolute Gasteiger partial charge is 0.497 e. The summed E-state index contributed by atoms with van der Waals surface area (Å²) < 4.78 is 5.23. The van der Waals surface area contributed by atoms with E-state index in [1.165, 1.54) is 5.56 Å². The molecule has 2 heterocycles. The van der Waals surface area contributed by atoms with E-state index in [-0.39, 0.29) is 17.9 Å². The first-order valence-corrected chi connectivity index (χ1v) is 8.03. The summed E-state index contributed by atoms with van der Waals surface area (Å²) in [5.74, 6) is 1.85. The topological polar surface area (TPSA) is 67.3 Å². The van der Waals surface area contributed by atoms with E-state index in [1.54, 1.807) is 14.0 Å². The van der Waals surface area contributed by atoms with Gasteiger partial charge in [0.15, 0.2) is 5.82 Å². The second-order valence-electron chi connectivity index (χ2n) is 6.12. The summed E-state index contributed by atoms with van der Waals surface area (Å²) in [5.41, 5.74) is 2.07. The Kier molecular flexibility index (Phi) is 4.64. The molecule has 6 nitrogen and oxygen atoms in total. The smallest absolute Gasteiger partial charge is 0.217 e. The molecule has 1 amide bonds. The van der Waals surface area contributed by atoms with Crippen LogP contribution in [0.1, 0.15) is 24.1 Å². The van der Waals surface area contributed by atoms with Crippen LogP contribution >= 0.6 is 0 Å². The fourth-order valence-electron chi connectivity index (χ4n) is 3.15. The zero-order chi connectivity index (χ0) is 17.1. The van der Waals surface area contributed by atoms with Crippen molar-refractivity contribution >= 4 is 11.7 Å². The van der Waals surface area contributed by atoms with Crippen LogP contribution in [0.2, 0.25) is 0 Å². The lowest BCUT2D eigenvalue weighted by Gasteiger charge is -2.19. The standard InChI is InChI=1S/C18H22N4O2/c1-12-4-9-18(21-20-12)22-10-16(17(11-22)19-13(2)23)14-5-7-15(24-3)8-6-14/h4-9,16-17H,10-11H2,1-3H3,(H,19,23)/t16-,17+/m0/s1. The predicted molar refractivity (Wildman–Crippen MR) is 92.3 cm³/mol. The first-order chi connectivity index (χ1) is 11.6. The Morgan fingerprint density at radius 3 is 2.50 bits per heavy atom. The highest BCUT2D eigenvalue weighted by atomic mass is 16.5. The molecular formula is C18H22N4O2. The number of rotatable bonds is 4. The Morgan fingerprint density at radius 1 is 1.17 bits per heavy atom. The lowest BCUT2D eigenvalue weighted by Crippen LogP contribution is -2.38. The van der Waals surface area contributed by atoms with Gasteiger partial charge in [-0.2, -0.15) is 5.10 Å². The van der Waals surface area contributed by atoms with Crippen molar-refractivity contribution in [3.05, 3.63) is 47.7 Å². The van der Waals surface area contributed by atoms with Gasteiger partial charge in [-0.1, -0.05) is 12.1 Å². The number of anilines is 1. The molecule has 0 radical (unpaired) electrons. The van der Waals surface area contributed by atoms with Crippen LogP contribution in [-0.4, -0.2) is 42.3 Å². The van der Waals surface area contributed by atoms with E-state index in [2.05, 4.69) is 32.5 Å². The highest BCUT2D eigenvalue weighted by molar-refractivity contribution is 5.73. The SMILES string of the molecule is COc1ccc([C@@H]2CN(c3ccc(C)nn3)C[C@H]2NC(C)=O)cc1. The van der Waals surface area contributed by atoms with Gasteiger partial charge in [0.25, 0.3) is 0 Å². The number of methoxy groups -OCH3 is 1. The lowest BCUT2D eigenvalue weighted by atomic mass is 9.94. The summed E-state index contributed by atoms with van der Waals surface area (Å²) in [6.07, 6.45) is 0. The minimum Gasteiger partial charge on any atom is -0.497 e. The van der Waals surface area contributed by atoms with Crippen molar-refractivity contribution in [2.45, 2.75) is 25.8 Å². The molecule has 126 valence electrons. The molecule has 1 aromatic heterocycles. The third-order valence-electron chi connectivity index (χ3n) is 4.36. The molecule has 1 fully saturated rings. The highest BCUT2D eigenvalue weighted by Crippen LogP contribution is 2.31. The number of aromatic nitrogens is 2. The van der Waals surface area contributed by atoms with Crippen LogP contribution in [0.4, 0.5) is 5.82 Å². The third kappa shape index (κ3) is 3.48. The molecule has 1 aromatic carbocycles. The van der Waals surface area contributed by atoms with Crippen molar-refractivity contribution in [2.75, 3.05) is 25.1 Å². The molecule has 0 aliphatic carbocycles. The van der Waals surface area contributed by atoms with Gasteiger partial charge in [-0.25, -0.2) is 0 Å². The van der Waals surface area contributed by atoms with E-state index in [9.17, 15) is 4.79 Å². The number of amides is 1. The number of nitrogens with zero attached hydrogens (tertiary/aromatic N) is 3. The number of carbonyl (C=O) groups excluding carboxylic acids is 1. The summed E-state index contributed by atoms with van der Waals surface area (Å²) in [6, 6.07) is 12.0. The average Bonchev–Trinajstić information content (AvgIpc) is 2.98. The van der Waals surface area contributed by atoms with Gasteiger partial charge in [0.1, 0.15) is 5.75 Å². The molecule has 1 aliphatic rings. The van der Waals surface area contributed by atoms with Gasteiger partial charge in [0, 0.05) is 25.9 Å². The Hall–Kier alpha value is -2.63. The molecule has 1 aliphatic heterocycles. The molecule has 3 rings (SSSR count). The van der Waals surface area contributed by atoms with Gasteiger partial charge in [-0.05, 0) is 36.8 Å². The molecular weight excluding hydrogens is 304 g/mol. The zero-order valence-electron chi connectivity index (χ0n) is 14.2. The summed E-state index contributed by atoms with van der Waals surface area (Å²) >= 11 is 0. The molecule has 0 spiro atoms. The summed E-state index contributed by atoms with van der Waals surface area (Å²) in [6.45, 7) is 4.98. The second-order valence-corrected chi connectivity index (χ2v) is 6.12. The van der Waals surface area contributed by atoms with Gasteiger partial charge in [-0.3, -0.25) is 4.79 Å². The molecule has 1 saturated heterocycles. The number of hydrogen-bond acceptors (Lipinski definition) is 5. The predicted octanol–water partition coefficient (Wildman–Crippen LogP) is 1.90. The number of nitrogens with one attached hydrogen (secondary N) is 1. The average molecular weight is 326 g/mol. The van der Waals surface area contributed by atoms with Crippen LogP contribution in [0.3, 0.4) is 0 Å². The quantitative estimate of drug-likeness (QED) is 0.929. The van der Waals surface area contributed by atoms with Gasteiger partial charge in [0.05, 0.1) is 18.8 Å². The van der Waals surface area contributed by atoms with Crippen molar-refractivity contribution < 1.29 is 9.53 Å². The van der Waals surface area contributed by atoms with E-state index in [1.807, 2.05) is 31.2 Å². The van der Waals surface area contributed by atoms with Crippen molar-refractivity contribution in [3.8, 4) is 5.75 Å². The zero-order valence-corrected chi connectivity index (χ0v) is 14.2. The maximum absolute atomic E-state index is 11.6. The maximum Gasteiger partial charge on any atom is 0.217 e. The Bertz CT molecular complexity index is 700. The molecule has 0 unspecified atom stereocenters. The van der Waals surface area contributed by atoms with Crippen LogP contribution in [0.15, 0.2) is 36.4 Å². The Balaban J connectivity index is 1.84. The van der Waals surface area contributed by atoms with Crippen LogP contribution in [0.5, 0.6) is 5.75 Å². The van der Waals surface area contributed by atoms with Crippen LogP contribution in [-0.2, 0) is 4.79 Å². The van der Waals surface area contributed by atoms with Gasteiger partial charge < -0.3 is 15.0 Å². The van der Waals surface area contributed by atoms with Crippen molar-refractivity contribution in [1.29, 1.82) is 0 Å². The van der Waals surface area contributed by atoms with E-state index < -0.39 is 0 Å². The number of carbonyl (C=O) groups is 1. The number of hydrogen-bond donors (Lipinski definition) is 1. The minimum atomic E-state index is -0.0182. The fourth-order valence-corrected chi connectivity index (χ4v) is 3.15. The van der Waals surface area contributed by atoms with Crippen LogP contribution in [0.25, 0.3) is 0 Å². The summed E-state index contributed by atoms with van der Waals surface area (Å²) in [5, 5.41) is 11.5. The monoisotopic (exact) mass is 326 g/mol. The fraction of sp³-hybridized carbons (Fsp3) is 0.389. The Morgan fingerprint density at radius 2 is 1.92 bits per heavy atom. The molecule has 0 bridgehead atoms. The number of aryl methyl sites for hydroxylation is 1. The summed E-state index contributed by atoms with van der Waals surface area (Å²) in [7, 11) is 1.66. The van der Waals surface area contributed by atoms with E-state index in [4.69, 9.17) is 4.74 Å². The van der Waals surface area contributed by atoms with E-state index >= 15 is 0 Å². The van der Waals surface area contributed by atoms with Crippen LogP contribution in [0, 0.1) is 6.92 Å². The van der Waals surface area contributed by atoms with Crippen LogP contribution < -0.4 is 15.0 Å². The Labute approximate surface area is 141 Å². The van der Waals surface area contributed by atoms with Crippen molar-refractivity contribution in [3.63, 3.8) is 0 Å². The molecule has 0 saturated carbocycles.